The van der Waals surface area contributed by atoms with Crippen molar-refractivity contribution >= 4 is 9.04 Å². The highest BCUT2D eigenvalue weighted by Gasteiger charge is 2.29. The van der Waals surface area contributed by atoms with Gasteiger partial charge in [-0.25, -0.2) is 0 Å². The third-order valence-corrected chi connectivity index (χ3v) is 4.45. The van der Waals surface area contributed by atoms with E-state index in [1.165, 1.54) is 24.9 Å². The van der Waals surface area contributed by atoms with Gasteiger partial charge in [0.2, 0.25) is 9.04 Å². The van der Waals surface area contributed by atoms with Gasteiger partial charge in [-0.3, -0.25) is 0 Å². The van der Waals surface area contributed by atoms with E-state index in [0.29, 0.717) is 6.10 Å². The van der Waals surface area contributed by atoms with Crippen molar-refractivity contribution in [2.75, 3.05) is 13.2 Å². The summed E-state index contributed by atoms with van der Waals surface area (Å²) in [7, 11) is -0.410. The normalized spacial score (nSPS) is 34.2. The van der Waals surface area contributed by atoms with Crippen LogP contribution in [0.2, 0.25) is 12.1 Å². The molecule has 0 aliphatic carbocycles. The van der Waals surface area contributed by atoms with Crippen LogP contribution >= 0.6 is 0 Å². The maximum Gasteiger partial charge on any atom is 0.214 e. The summed E-state index contributed by atoms with van der Waals surface area (Å²) in [6, 6.07) is 2.59. The predicted octanol–water partition coefficient (Wildman–Crippen LogP) is 1.19. The van der Waals surface area contributed by atoms with Gasteiger partial charge in [-0.15, -0.1) is 0 Å². The molecule has 2 nitrogen and oxygen atoms in total. The van der Waals surface area contributed by atoms with E-state index in [9.17, 15) is 0 Å². The molecule has 2 rings (SSSR count). The third kappa shape index (κ3) is 1.81. The molecule has 1 unspecified atom stereocenters. The van der Waals surface area contributed by atoms with E-state index in [0.717, 1.165) is 13.2 Å². The molecule has 3 heteroatoms. The molecule has 0 aromatic heterocycles. The molecule has 0 aromatic carbocycles. The summed E-state index contributed by atoms with van der Waals surface area (Å²) in [6.07, 6.45) is 3.26. The fourth-order valence-electron chi connectivity index (χ4n) is 1.31. The summed E-state index contributed by atoms with van der Waals surface area (Å²) in [4.78, 5) is 0. The zero-order valence-electron chi connectivity index (χ0n) is 6.14. The van der Waals surface area contributed by atoms with Gasteiger partial charge in [0, 0.05) is 6.61 Å². The van der Waals surface area contributed by atoms with E-state index in [1.807, 2.05) is 0 Å². The SMILES string of the molecule is C1CC[Si](CC2CO2)OC1. The van der Waals surface area contributed by atoms with Crippen LogP contribution in [0.5, 0.6) is 0 Å². The van der Waals surface area contributed by atoms with Crippen LogP contribution in [-0.2, 0) is 9.16 Å². The summed E-state index contributed by atoms with van der Waals surface area (Å²) in [5, 5.41) is 0. The van der Waals surface area contributed by atoms with Gasteiger partial charge in [-0.05, 0) is 18.5 Å². The monoisotopic (exact) mass is 157 g/mol. The van der Waals surface area contributed by atoms with Crippen LogP contribution in [0.25, 0.3) is 0 Å². The van der Waals surface area contributed by atoms with Gasteiger partial charge in [0.15, 0.2) is 0 Å². The van der Waals surface area contributed by atoms with E-state index in [-0.39, 0.29) is 0 Å². The first-order valence-electron chi connectivity index (χ1n) is 4.04. The average molecular weight is 157 g/mol. The van der Waals surface area contributed by atoms with Crippen molar-refractivity contribution in [1.82, 2.24) is 0 Å². The summed E-state index contributed by atoms with van der Waals surface area (Å²) < 4.78 is 10.8. The van der Waals surface area contributed by atoms with Gasteiger partial charge >= 0.3 is 0 Å². The standard InChI is InChI=1S/C7H13O2Si/c1-2-4-10(9-3-1)6-7-5-8-7/h7H,1-6H2. The van der Waals surface area contributed by atoms with Crippen molar-refractivity contribution in [3.8, 4) is 0 Å². The summed E-state index contributed by atoms with van der Waals surface area (Å²) in [5.41, 5.74) is 0. The van der Waals surface area contributed by atoms with E-state index >= 15 is 0 Å². The van der Waals surface area contributed by atoms with Gasteiger partial charge in [-0.2, -0.15) is 0 Å². The Balaban J connectivity index is 1.69. The maximum atomic E-state index is 5.65. The van der Waals surface area contributed by atoms with E-state index in [4.69, 9.17) is 9.16 Å². The minimum Gasteiger partial charge on any atom is -0.417 e. The van der Waals surface area contributed by atoms with E-state index < -0.39 is 9.04 Å². The van der Waals surface area contributed by atoms with Crippen LogP contribution in [0.15, 0.2) is 0 Å². The molecule has 0 N–H and O–H groups in total. The Morgan fingerprint density at radius 2 is 2.30 bits per heavy atom. The molecular weight excluding hydrogens is 144 g/mol. The second-order valence-electron chi connectivity index (χ2n) is 3.00. The minimum atomic E-state index is -0.410. The molecule has 0 saturated carbocycles. The molecule has 0 aromatic rings. The molecular formula is C7H13O2Si. The van der Waals surface area contributed by atoms with Crippen LogP contribution in [0.3, 0.4) is 0 Å². The lowest BCUT2D eigenvalue weighted by molar-refractivity contribution is 0.282. The summed E-state index contributed by atoms with van der Waals surface area (Å²) in [6.45, 7) is 2.01. The highest BCUT2D eigenvalue weighted by atomic mass is 28.3. The van der Waals surface area contributed by atoms with E-state index in [1.54, 1.807) is 0 Å². The number of hydrogen-bond acceptors (Lipinski definition) is 2. The molecule has 2 aliphatic heterocycles. The van der Waals surface area contributed by atoms with Gasteiger partial charge in [0.25, 0.3) is 0 Å². The quantitative estimate of drug-likeness (QED) is 0.443. The predicted molar refractivity (Wildman–Crippen MR) is 40.3 cm³/mol. The molecule has 0 spiro atoms. The van der Waals surface area contributed by atoms with E-state index in [2.05, 4.69) is 0 Å². The average Bonchev–Trinajstić information content (AvgIpc) is 2.74. The fraction of sp³-hybridized carbons (Fsp3) is 1.00. The van der Waals surface area contributed by atoms with Crippen LogP contribution in [0, 0.1) is 0 Å². The van der Waals surface area contributed by atoms with Gasteiger partial charge in [-0.1, -0.05) is 6.42 Å². The lowest BCUT2D eigenvalue weighted by Gasteiger charge is -2.18. The number of rotatable bonds is 2. The lowest BCUT2D eigenvalue weighted by Crippen LogP contribution is -2.24. The van der Waals surface area contributed by atoms with Crippen molar-refractivity contribution in [2.24, 2.45) is 0 Å². The zero-order valence-corrected chi connectivity index (χ0v) is 7.14. The molecule has 0 amide bonds. The maximum absolute atomic E-state index is 5.65. The number of epoxide rings is 1. The Hall–Kier alpha value is 0.137. The smallest absolute Gasteiger partial charge is 0.214 e. The minimum absolute atomic E-state index is 0.410. The molecule has 57 valence electrons. The summed E-state index contributed by atoms with van der Waals surface area (Å²) in [5.74, 6) is 0. The van der Waals surface area contributed by atoms with Crippen molar-refractivity contribution < 1.29 is 9.16 Å². The van der Waals surface area contributed by atoms with Gasteiger partial charge in [0.05, 0.1) is 12.7 Å². The number of hydrogen-bond donors (Lipinski definition) is 0. The van der Waals surface area contributed by atoms with Crippen molar-refractivity contribution in [3.63, 3.8) is 0 Å². The second kappa shape index (κ2) is 3.03. The first-order chi connectivity index (χ1) is 4.95. The van der Waals surface area contributed by atoms with Gasteiger partial charge in [0.1, 0.15) is 0 Å². The largest absolute Gasteiger partial charge is 0.417 e. The highest BCUT2D eigenvalue weighted by Crippen LogP contribution is 2.22. The molecule has 2 saturated heterocycles. The topological polar surface area (TPSA) is 21.8 Å². The first kappa shape index (κ1) is 6.82. The molecule has 2 aliphatic rings. The number of ether oxygens (including phenoxy) is 1. The van der Waals surface area contributed by atoms with Crippen molar-refractivity contribution in [2.45, 2.75) is 31.0 Å². The highest BCUT2D eigenvalue weighted by molar-refractivity contribution is 6.52. The molecule has 0 bridgehead atoms. The molecule has 1 atom stereocenters. The zero-order chi connectivity index (χ0) is 6.81. The Labute approximate surface area is 63.2 Å². The third-order valence-electron chi connectivity index (χ3n) is 2.01. The Morgan fingerprint density at radius 3 is 2.90 bits per heavy atom. The van der Waals surface area contributed by atoms with Crippen LogP contribution < -0.4 is 0 Å². The Morgan fingerprint density at radius 1 is 1.40 bits per heavy atom. The first-order valence-corrected chi connectivity index (χ1v) is 5.86. The molecule has 1 radical (unpaired) electrons. The van der Waals surface area contributed by atoms with Crippen molar-refractivity contribution in [3.05, 3.63) is 0 Å². The summed E-state index contributed by atoms with van der Waals surface area (Å²) >= 11 is 0. The van der Waals surface area contributed by atoms with Crippen molar-refractivity contribution in [1.29, 1.82) is 0 Å². The second-order valence-corrected chi connectivity index (χ2v) is 5.28. The van der Waals surface area contributed by atoms with Crippen LogP contribution in [-0.4, -0.2) is 28.4 Å². The Kier molecular flexibility index (Phi) is 2.07. The molecule has 10 heavy (non-hydrogen) atoms. The molecule has 2 heterocycles. The Bertz CT molecular complexity index is 108. The van der Waals surface area contributed by atoms with Gasteiger partial charge < -0.3 is 9.16 Å². The lowest BCUT2D eigenvalue weighted by atomic mass is 10.4. The molecule has 2 fully saturated rings. The van der Waals surface area contributed by atoms with Crippen LogP contribution in [0.4, 0.5) is 0 Å². The fourth-order valence-corrected chi connectivity index (χ4v) is 3.60. The van der Waals surface area contributed by atoms with Crippen LogP contribution in [0.1, 0.15) is 12.8 Å².